The molecule has 1 fully saturated rings. The average molecular weight is 207 g/mol. The molecule has 0 spiro atoms. The molecule has 0 radical (unpaired) electrons. The van der Waals surface area contributed by atoms with E-state index in [4.69, 9.17) is 0 Å². The van der Waals surface area contributed by atoms with Crippen molar-refractivity contribution >= 4 is 0 Å². The van der Waals surface area contributed by atoms with Crippen molar-refractivity contribution in [2.45, 2.75) is 46.1 Å². The lowest BCUT2D eigenvalue weighted by atomic mass is 9.73. The van der Waals surface area contributed by atoms with Gasteiger partial charge in [0.15, 0.2) is 0 Å². The number of nitrogens with zero attached hydrogens (tertiary/aromatic N) is 3. The maximum Gasteiger partial charge on any atom is 0.137 e. The fourth-order valence-electron chi connectivity index (χ4n) is 2.91. The van der Waals surface area contributed by atoms with Crippen molar-refractivity contribution in [3.05, 3.63) is 12.7 Å². The van der Waals surface area contributed by atoms with E-state index < -0.39 is 0 Å². The Morgan fingerprint density at radius 2 is 2.13 bits per heavy atom. The third-order valence-corrected chi connectivity index (χ3v) is 3.71. The Morgan fingerprint density at radius 3 is 2.80 bits per heavy atom. The zero-order chi connectivity index (χ0) is 10.7. The van der Waals surface area contributed by atoms with Gasteiger partial charge in [-0.25, -0.2) is 4.98 Å². The van der Waals surface area contributed by atoms with E-state index in [2.05, 4.69) is 23.9 Å². The second-order valence-electron chi connectivity index (χ2n) is 5.07. The molecule has 1 heterocycles. The van der Waals surface area contributed by atoms with E-state index >= 15 is 0 Å². The molecule has 0 aliphatic heterocycles. The van der Waals surface area contributed by atoms with Gasteiger partial charge >= 0.3 is 0 Å². The van der Waals surface area contributed by atoms with Crippen molar-refractivity contribution < 1.29 is 0 Å². The highest BCUT2D eigenvalue weighted by molar-refractivity contribution is 4.78. The summed E-state index contributed by atoms with van der Waals surface area (Å²) in [7, 11) is 0. The van der Waals surface area contributed by atoms with Crippen molar-refractivity contribution in [3.8, 4) is 0 Å². The summed E-state index contributed by atoms with van der Waals surface area (Å²) in [5.74, 6) is 2.49. The predicted molar refractivity (Wildman–Crippen MR) is 60.3 cm³/mol. The van der Waals surface area contributed by atoms with Crippen LogP contribution < -0.4 is 0 Å². The first-order chi connectivity index (χ1) is 7.27. The van der Waals surface area contributed by atoms with Crippen LogP contribution in [-0.4, -0.2) is 14.8 Å². The lowest BCUT2D eigenvalue weighted by Crippen LogP contribution is -2.27. The van der Waals surface area contributed by atoms with Gasteiger partial charge in [0.25, 0.3) is 0 Å². The molecule has 3 nitrogen and oxygen atoms in total. The molecule has 1 aliphatic carbocycles. The normalized spacial score (nSPS) is 27.1. The van der Waals surface area contributed by atoms with E-state index in [0.717, 1.165) is 24.3 Å². The molecule has 0 saturated heterocycles. The van der Waals surface area contributed by atoms with Gasteiger partial charge in [0.05, 0.1) is 0 Å². The molecule has 2 atom stereocenters. The van der Waals surface area contributed by atoms with Crippen LogP contribution in [-0.2, 0) is 6.54 Å². The molecular formula is C12H21N3. The van der Waals surface area contributed by atoms with Crippen LogP contribution in [0.2, 0.25) is 0 Å². The largest absolute Gasteiger partial charge is 0.253 e. The van der Waals surface area contributed by atoms with Crippen LogP contribution in [0, 0.1) is 17.8 Å². The van der Waals surface area contributed by atoms with Gasteiger partial charge < -0.3 is 0 Å². The van der Waals surface area contributed by atoms with E-state index in [-0.39, 0.29) is 0 Å². The van der Waals surface area contributed by atoms with E-state index in [0.29, 0.717) is 0 Å². The highest BCUT2D eigenvalue weighted by atomic mass is 15.3. The second-order valence-corrected chi connectivity index (χ2v) is 5.07. The van der Waals surface area contributed by atoms with Gasteiger partial charge in [-0.05, 0) is 30.6 Å². The lowest BCUT2D eigenvalue weighted by molar-refractivity contribution is 0.157. The van der Waals surface area contributed by atoms with Gasteiger partial charge in [-0.15, -0.1) is 0 Å². The number of aromatic nitrogens is 3. The van der Waals surface area contributed by atoms with Gasteiger partial charge in [0.1, 0.15) is 12.7 Å². The minimum Gasteiger partial charge on any atom is -0.253 e. The molecule has 0 amide bonds. The molecule has 84 valence electrons. The quantitative estimate of drug-likeness (QED) is 0.763. The van der Waals surface area contributed by atoms with Crippen LogP contribution >= 0.6 is 0 Å². The minimum absolute atomic E-state index is 0.804. The van der Waals surface area contributed by atoms with E-state index in [1.807, 2.05) is 11.0 Å². The van der Waals surface area contributed by atoms with Gasteiger partial charge in [0, 0.05) is 6.54 Å². The summed E-state index contributed by atoms with van der Waals surface area (Å²) < 4.78 is 1.99. The van der Waals surface area contributed by atoms with E-state index in [1.54, 1.807) is 6.33 Å². The average Bonchev–Trinajstić information content (AvgIpc) is 2.71. The van der Waals surface area contributed by atoms with Crippen LogP contribution in [0.4, 0.5) is 0 Å². The molecule has 3 heteroatoms. The summed E-state index contributed by atoms with van der Waals surface area (Å²) >= 11 is 0. The van der Waals surface area contributed by atoms with Gasteiger partial charge in [0.2, 0.25) is 0 Å². The third kappa shape index (κ3) is 2.58. The second kappa shape index (κ2) is 4.77. The topological polar surface area (TPSA) is 30.7 Å². The van der Waals surface area contributed by atoms with Gasteiger partial charge in [-0.2, -0.15) is 5.10 Å². The fraction of sp³-hybridized carbons (Fsp3) is 0.833. The molecule has 2 rings (SSSR count). The number of rotatable bonds is 3. The first-order valence-corrected chi connectivity index (χ1v) is 6.10. The molecule has 0 bridgehead atoms. The molecular weight excluding hydrogens is 186 g/mol. The van der Waals surface area contributed by atoms with Crippen LogP contribution in [0.5, 0.6) is 0 Å². The molecule has 1 aromatic heterocycles. The SMILES string of the molecule is CC(C)C1CCCCC1Cn1cncn1. The summed E-state index contributed by atoms with van der Waals surface area (Å²) in [4.78, 5) is 4.01. The van der Waals surface area contributed by atoms with Crippen molar-refractivity contribution in [2.24, 2.45) is 17.8 Å². The highest BCUT2D eigenvalue weighted by Crippen LogP contribution is 2.35. The van der Waals surface area contributed by atoms with Gasteiger partial charge in [-0.1, -0.05) is 26.7 Å². The Labute approximate surface area is 91.9 Å². The van der Waals surface area contributed by atoms with E-state index in [1.165, 1.54) is 25.7 Å². The number of hydrogen-bond acceptors (Lipinski definition) is 2. The minimum atomic E-state index is 0.804. The molecule has 1 aliphatic rings. The highest BCUT2D eigenvalue weighted by Gasteiger charge is 2.27. The molecule has 15 heavy (non-hydrogen) atoms. The molecule has 0 aromatic carbocycles. The number of hydrogen-bond donors (Lipinski definition) is 0. The Hall–Kier alpha value is -0.860. The van der Waals surface area contributed by atoms with Crippen LogP contribution in [0.15, 0.2) is 12.7 Å². The van der Waals surface area contributed by atoms with Crippen molar-refractivity contribution in [1.29, 1.82) is 0 Å². The smallest absolute Gasteiger partial charge is 0.137 e. The molecule has 1 aromatic rings. The Balaban J connectivity index is 1.99. The van der Waals surface area contributed by atoms with Crippen LogP contribution in [0.1, 0.15) is 39.5 Å². The van der Waals surface area contributed by atoms with Crippen LogP contribution in [0.25, 0.3) is 0 Å². The summed E-state index contributed by atoms with van der Waals surface area (Å²) in [6, 6.07) is 0. The Kier molecular flexibility index (Phi) is 3.39. The first-order valence-electron chi connectivity index (χ1n) is 6.10. The molecule has 1 saturated carbocycles. The predicted octanol–water partition coefficient (Wildman–Crippen LogP) is 2.74. The fourth-order valence-corrected chi connectivity index (χ4v) is 2.91. The van der Waals surface area contributed by atoms with Crippen molar-refractivity contribution in [1.82, 2.24) is 14.8 Å². The van der Waals surface area contributed by atoms with Crippen molar-refractivity contribution in [2.75, 3.05) is 0 Å². The monoisotopic (exact) mass is 207 g/mol. The van der Waals surface area contributed by atoms with Crippen LogP contribution in [0.3, 0.4) is 0 Å². The van der Waals surface area contributed by atoms with E-state index in [9.17, 15) is 0 Å². The summed E-state index contributed by atoms with van der Waals surface area (Å²) in [5.41, 5.74) is 0. The maximum absolute atomic E-state index is 4.21. The summed E-state index contributed by atoms with van der Waals surface area (Å²) in [6.45, 7) is 5.76. The summed E-state index contributed by atoms with van der Waals surface area (Å²) in [6.07, 6.45) is 9.04. The standard InChI is InChI=1S/C12H21N3/c1-10(2)12-6-4-3-5-11(12)7-15-9-13-8-14-15/h8-12H,3-7H2,1-2H3. The first kappa shape index (κ1) is 10.7. The zero-order valence-corrected chi connectivity index (χ0v) is 9.76. The Bertz CT molecular complexity index is 279. The zero-order valence-electron chi connectivity index (χ0n) is 9.76. The summed E-state index contributed by atoms with van der Waals surface area (Å²) in [5, 5.41) is 4.21. The third-order valence-electron chi connectivity index (χ3n) is 3.71. The maximum atomic E-state index is 4.21. The molecule has 0 N–H and O–H groups in total. The lowest BCUT2D eigenvalue weighted by Gasteiger charge is -2.34. The van der Waals surface area contributed by atoms with Gasteiger partial charge in [-0.3, -0.25) is 4.68 Å². The van der Waals surface area contributed by atoms with Crippen molar-refractivity contribution in [3.63, 3.8) is 0 Å². The molecule has 2 unspecified atom stereocenters. The Morgan fingerprint density at radius 1 is 1.33 bits per heavy atom.